The fourth-order valence-electron chi connectivity index (χ4n) is 8.57. The molecule has 0 saturated carbocycles. The topological polar surface area (TPSA) is 3.24 Å². The van der Waals surface area contributed by atoms with E-state index in [4.69, 9.17) is 0 Å². The van der Waals surface area contributed by atoms with Crippen LogP contribution >= 0.6 is 0 Å². The molecule has 2 aliphatic carbocycles. The molecule has 238 valence electrons. The molecule has 1 unspecified atom stereocenters. The van der Waals surface area contributed by atoms with E-state index in [-0.39, 0.29) is 5.41 Å². The fourth-order valence-corrected chi connectivity index (χ4v) is 8.57. The lowest BCUT2D eigenvalue weighted by Gasteiger charge is -2.35. The van der Waals surface area contributed by atoms with Crippen LogP contribution in [0.1, 0.15) is 52.8 Å². The van der Waals surface area contributed by atoms with Crippen molar-refractivity contribution < 1.29 is 0 Å². The van der Waals surface area contributed by atoms with Crippen molar-refractivity contribution in [3.8, 4) is 22.3 Å². The van der Waals surface area contributed by atoms with E-state index in [2.05, 4.69) is 185 Å². The lowest BCUT2D eigenvalue weighted by Crippen LogP contribution is -2.29. The van der Waals surface area contributed by atoms with Gasteiger partial charge in [0, 0.05) is 22.4 Å². The molecule has 1 nitrogen and oxygen atoms in total. The normalized spacial score (nSPS) is 16.7. The number of nitrogens with zero attached hydrogens (tertiary/aromatic N) is 1. The van der Waals surface area contributed by atoms with Gasteiger partial charge in [-0.25, -0.2) is 0 Å². The summed E-state index contributed by atoms with van der Waals surface area (Å²) in [6, 6.07) is 49.6. The van der Waals surface area contributed by atoms with Gasteiger partial charge in [-0.05, 0) is 94.3 Å². The zero-order valence-corrected chi connectivity index (χ0v) is 28.8. The van der Waals surface area contributed by atoms with Crippen LogP contribution in [0.25, 0.3) is 22.3 Å². The molecule has 0 aromatic heterocycles. The van der Waals surface area contributed by atoms with Gasteiger partial charge in [-0.1, -0.05) is 159 Å². The summed E-state index contributed by atoms with van der Waals surface area (Å²) < 4.78 is 0. The molecule has 0 N–H and O–H groups in total. The number of rotatable bonds is 7. The Kier molecular flexibility index (Phi) is 7.19. The zero-order chi connectivity index (χ0) is 33.9. The van der Waals surface area contributed by atoms with Crippen LogP contribution in [0.3, 0.4) is 0 Å². The number of hydrogen-bond donors (Lipinski definition) is 0. The summed E-state index contributed by atoms with van der Waals surface area (Å²) in [5.74, 6) is 0. The molecule has 6 aromatic carbocycles. The number of allylic oxidation sites excluding steroid dienone is 4. The Labute approximate surface area is 291 Å². The number of fused-ring (bicyclic) bond motifs is 6. The van der Waals surface area contributed by atoms with Crippen molar-refractivity contribution in [2.75, 3.05) is 4.90 Å². The first kappa shape index (κ1) is 30.7. The molecule has 0 amide bonds. The van der Waals surface area contributed by atoms with Crippen molar-refractivity contribution in [2.45, 2.75) is 38.5 Å². The van der Waals surface area contributed by atoms with E-state index >= 15 is 0 Å². The van der Waals surface area contributed by atoms with Crippen LogP contribution in [0.2, 0.25) is 0 Å². The van der Waals surface area contributed by atoms with Crippen LogP contribution in [0.4, 0.5) is 17.1 Å². The van der Waals surface area contributed by atoms with E-state index in [0.717, 1.165) is 22.6 Å². The second-order valence-corrected chi connectivity index (χ2v) is 14.0. The summed E-state index contributed by atoms with van der Waals surface area (Å²) in [4.78, 5) is 2.46. The molecule has 0 aliphatic heterocycles. The maximum Gasteiger partial charge on any atom is 0.0714 e. The van der Waals surface area contributed by atoms with Gasteiger partial charge in [0.1, 0.15) is 0 Å². The molecule has 2 aliphatic rings. The van der Waals surface area contributed by atoms with Crippen molar-refractivity contribution in [2.24, 2.45) is 0 Å². The SMILES string of the molecule is C=C/C=C(\C=C)C1(c2ccccc2)c2cc(C)ccc2-c2c(N(c3ccc(C)cc3)c3ccc4c(c3)-c3ccccc3C4(C)C)cccc21. The highest BCUT2D eigenvalue weighted by atomic mass is 15.1. The summed E-state index contributed by atoms with van der Waals surface area (Å²) in [5.41, 5.74) is 17.9. The van der Waals surface area contributed by atoms with Gasteiger partial charge in [0.15, 0.2) is 0 Å². The van der Waals surface area contributed by atoms with Gasteiger partial charge in [0.05, 0.1) is 11.1 Å². The van der Waals surface area contributed by atoms with E-state index in [9.17, 15) is 0 Å². The van der Waals surface area contributed by atoms with Crippen LogP contribution in [0, 0.1) is 13.8 Å². The van der Waals surface area contributed by atoms with Crippen LogP contribution in [-0.4, -0.2) is 0 Å². The van der Waals surface area contributed by atoms with Gasteiger partial charge in [0.25, 0.3) is 0 Å². The van der Waals surface area contributed by atoms with Gasteiger partial charge >= 0.3 is 0 Å². The molecule has 49 heavy (non-hydrogen) atoms. The van der Waals surface area contributed by atoms with Crippen molar-refractivity contribution in [1.29, 1.82) is 0 Å². The third-order valence-corrected chi connectivity index (χ3v) is 10.8. The Morgan fingerprint density at radius 3 is 2.00 bits per heavy atom. The third-order valence-electron chi connectivity index (χ3n) is 10.8. The van der Waals surface area contributed by atoms with Crippen molar-refractivity contribution >= 4 is 17.1 Å². The highest BCUT2D eigenvalue weighted by molar-refractivity contribution is 5.98. The van der Waals surface area contributed by atoms with Crippen LogP contribution < -0.4 is 4.90 Å². The molecule has 0 radical (unpaired) electrons. The van der Waals surface area contributed by atoms with Crippen molar-refractivity contribution in [3.05, 3.63) is 209 Å². The lowest BCUT2D eigenvalue weighted by molar-refractivity contribution is 0.660. The third kappa shape index (κ3) is 4.46. The van der Waals surface area contributed by atoms with Crippen molar-refractivity contribution in [3.63, 3.8) is 0 Å². The quantitative estimate of drug-likeness (QED) is 0.158. The average molecular weight is 632 g/mol. The van der Waals surface area contributed by atoms with E-state index in [1.165, 1.54) is 61.2 Å². The standard InChI is InChI=1S/C48H41N/c1-7-15-34(8-2)48(35-16-10-9-11-17-35)43-20-14-21-45(46(43)39-28-24-33(4)30-44(39)48)49(36-25-22-32(3)23-26-36)37-27-29-42-40(31-37)38-18-12-13-19-41(38)47(42,5)6/h7-31H,1-2H2,3-6H3/b34-15+. The summed E-state index contributed by atoms with van der Waals surface area (Å²) in [7, 11) is 0. The van der Waals surface area contributed by atoms with E-state index in [1.807, 2.05) is 12.2 Å². The summed E-state index contributed by atoms with van der Waals surface area (Å²) in [6.45, 7) is 17.5. The summed E-state index contributed by atoms with van der Waals surface area (Å²) in [6.07, 6.45) is 6.03. The van der Waals surface area contributed by atoms with Gasteiger partial charge in [-0.2, -0.15) is 0 Å². The van der Waals surface area contributed by atoms with E-state index in [0.29, 0.717) is 0 Å². The van der Waals surface area contributed by atoms with Crippen LogP contribution in [0.5, 0.6) is 0 Å². The van der Waals surface area contributed by atoms with Crippen LogP contribution in [0.15, 0.2) is 170 Å². The molecule has 1 atom stereocenters. The second-order valence-electron chi connectivity index (χ2n) is 14.0. The Morgan fingerprint density at radius 1 is 0.571 bits per heavy atom. The Hall–Kier alpha value is -5.66. The van der Waals surface area contributed by atoms with Gasteiger partial charge in [0.2, 0.25) is 0 Å². The molecule has 0 heterocycles. The monoisotopic (exact) mass is 631 g/mol. The first-order chi connectivity index (χ1) is 23.8. The van der Waals surface area contributed by atoms with Gasteiger partial charge in [-0.15, -0.1) is 0 Å². The lowest BCUT2D eigenvalue weighted by atomic mass is 9.67. The molecule has 6 aromatic rings. The molecular weight excluding hydrogens is 591 g/mol. The minimum Gasteiger partial charge on any atom is -0.310 e. The molecule has 0 spiro atoms. The van der Waals surface area contributed by atoms with Gasteiger partial charge in [-0.3, -0.25) is 0 Å². The van der Waals surface area contributed by atoms with Gasteiger partial charge < -0.3 is 4.90 Å². The van der Waals surface area contributed by atoms with E-state index < -0.39 is 5.41 Å². The highest BCUT2D eigenvalue weighted by Gasteiger charge is 2.48. The number of benzene rings is 6. The largest absolute Gasteiger partial charge is 0.310 e. The minimum absolute atomic E-state index is 0.0577. The highest BCUT2D eigenvalue weighted by Crippen LogP contribution is 2.60. The minimum atomic E-state index is -0.566. The number of aryl methyl sites for hydroxylation is 2. The average Bonchev–Trinajstić information content (AvgIpc) is 3.54. The number of anilines is 3. The first-order valence-electron chi connectivity index (χ1n) is 17.2. The predicted octanol–water partition coefficient (Wildman–Crippen LogP) is 12.7. The Bertz CT molecular complexity index is 2300. The molecular formula is C48H41N. The van der Waals surface area contributed by atoms with Crippen LogP contribution in [-0.2, 0) is 10.8 Å². The smallest absolute Gasteiger partial charge is 0.0714 e. The maximum absolute atomic E-state index is 4.36. The summed E-state index contributed by atoms with van der Waals surface area (Å²) in [5, 5.41) is 0. The van der Waals surface area contributed by atoms with Crippen molar-refractivity contribution in [1.82, 2.24) is 0 Å². The first-order valence-corrected chi connectivity index (χ1v) is 17.2. The second kappa shape index (κ2) is 11.5. The molecule has 0 fully saturated rings. The maximum atomic E-state index is 4.36. The number of hydrogen-bond acceptors (Lipinski definition) is 1. The van der Waals surface area contributed by atoms with E-state index in [1.54, 1.807) is 0 Å². The Morgan fingerprint density at radius 2 is 1.24 bits per heavy atom. The predicted molar refractivity (Wildman–Crippen MR) is 208 cm³/mol. The molecule has 0 bridgehead atoms. The molecule has 0 saturated heterocycles. The fraction of sp³-hybridized carbons (Fsp3) is 0.125. The molecule has 1 heteroatoms. The summed E-state index contributed by atoms with van der Waals surface area (Å²) >= 11 is 0. The Balaban J connectivity index is 1.46. The molecule has 8 rings (SSSR count). The zero-order valence-electron chi connectivity index (χ0n) is 28.8.